The van der Waals surface area contributed by atoms with E-state index < -0.39 is 0 Å². The average Bonchev–Trinajstić information content (AvgIpc) is 2.59. The van der Waals surface area contributed by atoms with E-state index in [0.717, 1.165) is 34.6 Å². The fourth-order valence-electron chi connectivity index (χ4n) is 2.76. The van der Waals surface area contributed by atoms with Gasteiger partial charge in [0.05, 0.1) is 18.2 Å². The molecule has 4 nitrogen and oxygen atoms in total. The van der Waals surface area contributed by atoms with E-state index in [4.69, 9.17) is 9.47 Å². The van der Waals surface area contributed by atoms with E-state index in [9.17, 15) is 0 Å². The van der Waals surface area contributed by atoms with Gasteiger partial charge in [-0.15, -0.1) is 0 Å². The van der Waals surface area contributed by atoms with Gasteiger partial charge in [0, 0.05) is 19.1 Å². The van der Waals surface area contributed by atoms with Crippen LogP contribution in [0.5, 0.6) is 11.5 Å². The number of halogens is 1. The number of likely N-dealkylation sites (N-methyl/N-ethyl adjacent to an activating group) is 1. The quantitative estimate of drug-likeness (QED) is 0.674. The van der Waals surface area contributed by atoms with Crippen molar-refractivity contribution in [2.75, 3.05) is 34.4 Å². The first-order chi connectivity index (χ1) is 12.0. The molecule has 2 rings (SSSR count). The SMILES string of the molecule is CCOc1cc(CNC(CN(C)C)c2ccccc2)cc(Br)c1OC. The minimum Gasteiger partial charge on any atom is -0.492 e. The Morgan fingerprint density at radius 2 is 1.88 bits per heavy atom. The smallest absolute Gasteiger partial charge is 0.174 e. The molecule has 0 saturated carbocycles. The van der Waals surface area contributed by atoms with Crippen molar-refractivity contribution in [3.63, 3.8) is 0 Å². The van der Waals surface area contributed by atoms with Gasteiger partial charge in [0.15, 0.2) is 11.5 Å². The third-order valence-electron chi connectivity index (χ3n) is 3.88. The summed E-state index contributed by atoms with van der Waals surface area (Å²) in [7, 11) is 5.84. The molecule has 1 unspecified atom stereocenters. The second kappa shape index (κ2) is 9.80. The summed E-state index contributed by atoms with van der Waals surface area (Å²) in [5, 5.41) is 3.66. The maximum absolute atomic E-state index is 5.71. The van der Waals surface area contributed by atoms with Gasteiger partial charge in [-0.05, 0) is 60.2 Å². The largest absolute Gasteiger partial charge is 0.492 e. The van der Waals surface area contributed by atoms with E-state index in [1.54, 1.807) is 7.11 Å². The first-order valence-corrected chi connectivity index (χ1v) is 9.26. The molecule has 0 spiro atoms. The second-order valence-electron chi connectivity index (χ2n) is 6.15. The summed E-state index contributed by atoms with van der Waals surface area (Å²) in [5.41, 5.74) is 2.43. The van der Waals surface area contributed by atoms with E-state index >= 15 is 0 Å². The lowest BCUT2D eigenvalue weighted by Gasteiger charge is -2.23. The average molecular weight is 407 g/mol. The number of rotatable bonds is 9. The Morgan fingerprint density at radius 3 is 2.48 bits per heavy atom. The lowest BCUT2D eigenvalue weighted by atomic mass is 10.1. The van der Waals surface area contributed by atoms with Crippen LogP contribution in [0.4, 0.5) is 0 Å². The number of methoxy groups -OCH3 is 1. The Bertz CT molecular complexity index is 662. The molecule has 2 aromatic rings. The molecule has 136 valence electrons. The molecule has 0 bridgehead atoms. The molecule has 0 amide bonds. The standard InChI is InChI=1S/C20H27BrN2O2/c1-5-25-19-12-15(11-17(21)20(19)24-4)13-22-18(14-23(2)3)16-9-7-6-8-10-16/h6-12,18,22H,5,13-14H2,1-4H3. The summed E-state index contributed by atoms with van der Waals surface area (Å²) in [5.74, 6) is 1.50. The molecular formula is C20H27BrN2O2. The molecule has 0 heterocycles. The van der Waals surface area contributed by atoms with E-state index in [1.165, 1.54) is 5.56 Å². The van der Waals surface area contributed by atoms with Gasteiger partial charge in [-0.1, -0.05) is 30.3 Å². The predicted octanol–water partition coefficient (Wildman–Crippen LogP) is 4.25. The van der Waals surface area contributed by atoms with Crippen molar-refractivity contribution < 1.29 is 9.47 Å². The van der Waals surface area contributed by atoms with Gasteiger partial charge in [0.1, 0.15) is 0 Å². The van der Waals surface area contributed by atoms with Gasteiger partial charge < -0.3 is 19.7 Å². The fraction of sp³-hybridized carbons (Fsp3) is 0.400. The van der Waals surface area contributed by atoms with Crippen LogP contribution in [0, 0.1) is 0 Å². The molecule has 0 radical (unpaired) electrons. The van der Waals surface area contributed by atoms with Crippen LogP contribution in [0.2, 0.25) is 0 Å². The van der Waals surface area contributed by atoms with Crippen molar-refractivity contribution >= 4 is 15.9 Å². The van der Waals surface area contributed by atoms with Gasteiger partial charge in [-0.3, -0.25) is 0 Å². The Labute approximate surface area is 159 Å². The number of nitrogens with one attached hydrogen (secondary N) is 1. The Hall–Kier alpha value is -1.56. The molecule has 5 heteroatoms. The maximum atomic E-state index is 5.71. The van der Waals surface area contributed by atoms with Crippen molar-refractivity contribution in [3.8, 4) is 11.5 Å². The van der Waals surface area contributed by atoms with Crippen molar-refractivity contribution in [3.05, 3.63) is 58.1 Å². The normalized spacial score (nSPS) is 12.2. The Balaban J connectivity index is 2.17. The number of hydrogen-bond acceptors (Lipinski definition) is 4. The van der Waals surface area contributed by atoms with Crippen molar-refractivity contribution in [1.82, 2.24) is 10.2 Å². The topological polar surface area (TPSA) is 33.7 Å². The van der Waals surface area contributed by atoms with Crippen molar-refractivity contribution in [1.29, 1.82) is 0 Å². The van der Waals surface area contributed by atoms with Gasteiger partial charge >= 0.3 is 0 Å². The highest BCUT2D eigenvalue weighted by atomic mass is 79.9. The van der Waals surface area contributed by atoms with Crippen LogP contribution >= 0.6 is 15.9 Å². The van der Waals surface area contributed by atoms with E-state index in [-0.39, 0.29) is 6.04 Å². The molecule has 0 aliphatic carbocycles. The minimum absolute atomic E-state index is 0.257. The molecule has 25 heavy (non-hydrogen) atoms. The maximum Gasteiger partial charge on any atom is 0.174 e. The molecule has 1 N–H and O–H groups in total. The van der Waals surface area contributed by atoms with Crippen LogP contribution in [0.15, 0.2) is 46.9 Å². The first kappa shape index (κ1) is 19.8. The summed E-state index contributed by atoms with van der Waals surface area (Å²) in [6.45, 7) is 4.25. The van der Waals surface area contributed by atoms with E-state index in [0.29, 0.717) is 6.61 Å². The molecule has 2 aromatic carbocycles. The van der Waals surface area contributed by atoms with Crippen LogP contribution in [-0.4, -0.2) is 39.3 Å². The first-order valence-electron chi connectivity index (χ1n) is 8.47. The van der Waals surface area contributed by atoms with Crippen LogP contribution in [0.25, 0.3) is 0 Å². The number of ether oxygens (including phenoxy) is 2. The Kier molecular flexibility index (Phi) is 7.75. The second-order valence-corrected chi connectivity index (χ2v) is 7.00. The zero-order chi connectivity index (χ0) is 18.2. The zero-order valence-corrected chi connectivity index (χ0v) is 17.0. The molecule has 0 fully saturated rings. The molecule has 0 aromatic heterocycles. The van der Waals surface area contributed by atoms with Gasteiger partial charge in [0.25, 0.3) is 0 Å². The van der Waals surface area contributed by atoms with Crippen LogP contribution in [-0.2, 0) is 6.54 Å². The minimum atomic E-state index is 0.257. The molecular weight excluding hydrogens is 380 g/mol. The molecule has 0 saturated heterocycles. The summed E-state index contributed by atoms with van der Waals surface area (Å²) >= 11 is 3.58. The summed E-state index contributed by atoms with van der Waals surface area (Å²) in [6.07, 6.45) is 0. The van der Waals surface area contributed by atoms with Crippen LogP contribution in [0.3, 0.4) is 0 Å². The van der Waals surface area contributed by atoms with Gasteiger partial charge in [-0.2, -0.15) is 0 Å². The molecule has 0 aliphatic heterocycles. The number of hydrogen-bond donors (Lipinski definition) is 1. The third-order valence-corrected chi connectivity index (χ3v) is 4.46. The highest BCUT2D eigenvalue weighted by Crippen LogP contribution is 2.36. The summed E-state index contributed by atoms with van der Waals surface area (Å²) in [4.78, 5) is 2.19. The summed E-state index contributed by atoms with van der Waals surface area (Å²) in [6, 6.07) is 14.9. The summed E-state index contributed by atoms with van der Waals surface area (Å²) < 4.78 is 12.1. The van der Waals surface area contributed by atoms with E-state index in [2.05, 4.69) is 70.6 Å². The molecule has 0 aliphatic rings. The fourth-order valence-corrected chi connectivity index (χ4v) is 3.42. The number of nitrogens with zero attached hydrogens (tertiary/aromatic N) is 1. The number of benzene rings is 2. The van der Waals surface area contributed by atoms with Crippen molar-refractivity contribution in [2.24, 2.45) is 0 Å². The molecule has 1 atom stereocenters. The predicted molar refractivity (Wildman–Crippen MR) is 106 cm³/mol. The van der Waals surface area contributed by atoms with Gasteiger partial charge in [-0.25, -0.2) is 0 Å². The third kappa shape index (κ3) is 5.73. The van der Waals surface area contributed by atoms with Gasteiger partial charge in [0.2, 0.25) is 0 Å². The monoisotopic (exact) mass is 406 g/mol. The lowest BCUT2D eigenvalue weighted by Crippen LogP contribution is -2.30. The highest BCUT2D eigenvalue weighted by Gasteiger charge is 2.14. The Morgan fingerprint density at radius 1 is 1.16 bits per heavy atom. The van der Waals surface area contributed by atoms with Crippen LogP contribution < -0.4 is 14.8 Å². The lowest BCUT2D eigenvalue weighted by molar-refractivity contribution is 0.309. The van der Waals surface area contributed by atoms with Crippen LogP contribution in [0.1, 0.15) is 24.1 Å². The van der Waals surface area contributed by atoms with E-state index in [1.807, 2.05) is 19.1 Å². The van der Waals surface area contributed by atoms with Crippen molar-refractivity contribution in [2.45, 2.75) is 19.5 Å². The highest BCUT2D eigenvalue weighted by molar-refractivity contribution is 9.10. The zero-order valence-electron chi connectivity index (χ0n) is 15.4.